The molecule has 0 heterocycles. The molecule has 0 radical (unpaired) electrons. The van der Waals surface area contributed by atoms with Crippen molar-refractivity contribution in [1.29, 1.82) is 0 Å². The molecule has 0 aliphatic rings. The standard InChI is InChI=1S/C12H26S8/c1-10(19-8-11(6-15)17-4-2-13)20-9-12(7-16)18-5-3-14/h10-16H,2-9H2,1H3. The minimum absolute atomic E-state index is 0.646. The van der Waals surface area contributed by atoms with Crippen LogP contribution in [-0.4, -0.2) is 61.1 Å². The molecule has 0 aromatic carbocycles. The van der Waals surface area contributed by atoms with E-state index in [-0.39, 0.29) is 0 Å². The summed E-state index contributed by atoms with van der Waals surface area (Å²) in [5.41, 5.74) is 0. The summed E-state index contributed by atoms with van der Waals surface area (Å²) >= 11 is 25.5. The molecule has 122 valence electrons. The van der Waals surface area contributed by atoms with E-state index in [1.165, 1.54) is 11.5 Å². The number of hydrogen-bond acceptors (Lipinski definition) is 8. The molecule has 20 heavy (non-hydrogen) atoms. The minimum atomic E-state index is 0.646. The van der Waals surface area contributed by atoms with Gasteiger partial charge in [-0.3, -0.25) is 0 Å². The lowest BCUT2D eigenvalue weighted by atomic mass is 10.5. The molecule has 0 aliphatic carbocycles. The number of hydrogen-bond donors (Lipinski definition) is 4. The van der Waals surface area contributed by atoms with Gasteiger partial charge < -0.3 is 0 Å². The highest BCUT2D eigenvalue weighted by molar-refractivity contribution is 8.17. The smallest absolute Gasteiger partial charge is 0.0475 e. The average Bonchev–Trinajstić information content (AvgIpc) is 2.47. The van der Waals surface area contributed by atoms with E-state index in [9.17, 15) is 0 Å². The van der Waals surface area contributed by atoms with Gasteiger partial charge in [-0.15, -0.1) is 23.5 Å². The van der Waals surface area contributed by atoms with Gasteiger partial charge in [0.2, 0.25) is 0 Å². The Hall–Kier alpha value is 2.80. The largest absolute Gasteiger partial charge is 0.179 e. The Bertz CT molecular complexity index is 184. The molecular formula is C12H26S8. The molecule has 0 rings (SSSR count). The van der Waals surface area contributed by atoms with Gasteiger partial charge in [0.1, 0.15) is 0 Å². The van der Waals surface area contributed by atoms with Crippen molar-refractivity contribution in [2.75, 3.05) is 46.0 Å². The molecule has 0 saturated carbocycles. The Morgan fingerprint density at radius 2 is 1.10 bits per heavy atom. The second kappa shape index (κ2) is 16.7. The van der Waals surface area contributed by atoms with Crippen LogP contribution >= 0.6 is 97.6 Å². The Kier molecular flexibility index (Phi) is 19.0. The second-order valence-corrected chi connectivity index (χ2v) is 11.5. The molecule has 0 aliphatic heterocycles. The zero-order valence-electron chi connectivity index (χ0n) is 11.8. The predicted octanol–water partition coefficient (Wildman–Crippen LogP) is 4.72. The van der Waals surface area contributed by atoms with E-state index in [2.05, 4.69) is 81.0 Å². The molecule has 0 nitrogen and oxygen atoms in total. The quantitative estimate of drug-likeness (QED) is 0.234. The van der Waals surface area contributed by atoms with Gasteiger partial charge in [-0.25, -0.2) is 0 Å². The minimum Gasteiger partial charge on any atom is -0.179 e. The van der Waals surface area contributed by atoms with Crippen LogP contribution in [0, 0.1) is 0 Å². The summed E-state index contributed by atoms with van der Waals surface area (Å²) in [6, 6.07) is 0. The SMILES string of the molecule is CC(SCC(CS)SCCS)SCC(CS)SCCS. The molecule has 0 saturated heterocycles. The molecule has 0 spiro atoms. The molecular weight excluding hydrogens is 401 g/mol. The van der Waals surface area contributed by atoms with Gasteiger partial charge in [0, 0.05) is 49.6 Å². The van der Waals surface area contributed by atoms with Crippen molar-refractivity contribution in [2.45, 2.75) is 22.0 Å². The van der Waals surface area contributed by atoms with Crippen LogP contribution in [0.2, 0.25) is 0 Å². The summed E-state index contributed by atoms with van der Waals surface area (Å²) in [4.78, 5) is 0. The zero-order chi connectivity index (χ0) is 15.2. The Balaban J connectivity index is 3.76. The maximum absolute atomic E-state index is 4.44. The van der Waals surface area contributed by atoms with Crippen molar-refractivity contribution >= 4 is 97.6 Å². The van der Waals surface area contributed by atoms with Crippen LogP contribution in [0.15, 0.2) is 0 Å². The molecule has 0 aromatic rings. The number of thioether (sulfide) groups is 4. The van der Waals surface area contributed by atoms with Gasteiger partial charge in [0.25, 0.3) is 0 Å². The van der Waals surface area contributed by atoms with Crippen LogP contribution in [0.5, 0.6) is 0 Å². The van der Waals surface area contributed by atoms with Crippen LogP contribution in [-0.2, 0) is 0 Å². The van der Waals surface area contributed by atoms with Crippen LogP contribution < -0.4 is 0 Å². The molecule has 8 heteroatoms. The first-order valence-corrected chi connectivity index (χ1v) is 13.3. The van der Waals surface area contributed by atoms with Crippen molar-refractivity contribution in [3.8, 4) is 0 Å². The summed E-state index contributed by atoms with van der Waals surface area (Å²) in [5, 5.41) is 1.30. The lowest BCUT2D eigenvalue weighted by molar-refractivity contribution is 1.14. The summed E-state index contributed by atoms with van der Waals surface area (Å²) in [6.07, 6.45) is 0. The fraction of sp³-hybridized carbons (Fsp3) is 1.00. The van der Waals surface area contributed by atoms with Gasteiger partial charge in [-0.1, -0.05) is 0 Å². The van der Waals surface area contributed by atoms with Gasteiger partial charge in [0.05, 0.1) is 0 Å². The fourth-order valence-corrected chi connectivity index (χ4v) is 7.54. The Morgan fingerprint density at radius 3 is 1.40 bits per heavy atom. The fourth-order valence-electron chi connectivity index (χ4n) is 1.28. The van der Waals surface area contributed by atoms with Crippen molar-refractivity contribution < 1.29 is 0 Å². The van der Waals surface area contributed by atoms with E-state index in [4.69, 9.17) is 0 Å². The van der Waals surface area contributed by atoms with Crippen LogP contribution in [0.4, 0.5) is 0 Å². The first-order chi connectivity index (χ1) is 9.67. The van der Waals surface area contributed by atoms with Gasteiger partial charge in [0.15, 0.2) is 0 Å². The summed E-state index contributed by atoms with van der Waals surface area (Å²) in [6.45, 7) is 2.31. The normalized spacial score (nSPS) is 16.1. The molecule has 0 fully saturated rings. The lowest BCUT2D eigenvalue weighted by Crippen LogP contribution is -2.14. The summed E-state index contributed by atoms with van der Waals surface area (Å²) in [7, 11) is 0. The van der Waals surface area contributed by atoms with Crippen molar-refractivity contribution in [3.63, 3.8) is 0 Å². The Labute approximate surface area is 164 Å². The highest BCUT2D eigenvalue weighted by Crippen LogP contribution is 2.29. The third kappa shape index (κ3) is 13.3. The second-order valence-electron chi connectivity index (χ2n) is 4.03. The molecule has 2 unspecified atom stereocenters. The van der Waals surface area contributed by atoms with Crippen molar-refractivity contribution in [1.82, 2.24) is 0 Å². The van der Waals surface area contributed by atoms with E-state index in [1.807, 2.05) is 23.5 Å². The van der Waals surface area contributed by atoms with E-state index >= 15 is 0 Å². The average molecular weight is 427 g/mol. The van der Waals surface area contributed by atoms with E-state index < -0.39 is 0 Å². The lowest BCUT2D eigenvalue weighted by Gasteiger charge is -2.19. The third-order valence-corrected chi connectivity index (χ3v) is 10.6. The topological polar surface area (TPSA) is 0 Å². The predicted molar refractivity (Wildman–Crippen MR) is 122 cm³/mol. The zero-order valence-corrected chi connectivity index (χ0v) is 18.7. The maximum atomic E-state index is 4.44. The highest BCUT2D eigenvalue weighted by Gasteiger charge is 2.13. The van der Waals surface area contributed by atoms with E-state index in [1.54, 1.807) is 0 Å². The first kappa shape index (κ1) is 22.8. The molecule has 0 bridgehead atoms. The molecule has 0 aromatic heterocycles. The monoisotopic (exact) mass is 426 g/mol. The van der Waals surface area contributed by atoms with E-state index in [0.717, 1.165) is 34.5 Å². The molecule has 0 amide bonds. The molecule has 0 N–H and O–H groups in total. The maximum Gasteiger partial charge on any atom is 0.0475 e. The van der Waals surface area contributed by atoms with Crippen molar-refractivity contribution in [2.24, 2.45) is 0 Å². The van der Waals surface area contributed by atoms with Crippen LogP contribution in [0.1, 0.15) is 6.92 Å². The van der Waals surface area contributed by atoms with Gasteiger partial charge in [-0.2, -0.15) is 74.0 Å². The highest BCUT2D eigenvalue weighted by atomic mass is 32.2. The Morgan fingerprint density at radius 1 is 0.700 bits per heavy atom. The first-order valence-electron chi connectivity index (χ1n) is 6.57. The van der Waals surface area contributed by atoms with Crippen molar-refractivity contribution in [3.05, 3.63) is 0 Å². The van der Waals surface area contributed by atoms with Gasteiger partial charge >= 0.3 is 0 Å². The number of thiol groups is 4. The van der Waals surface area contributed by atoms with Crippen LogP contribution in [0.25, 0.3) is 0 Å². The summed E-state index contributed by atoms with van der Waals surface area (Å²) in [5.74, 6) is 8.44. The summed E-state index contributed by atoms with van der Waals surface area (Å²) < 4.78 is 0.646. The third-order valence-electron chi connectivity index (χ3n) is 2.33. The molecule has 2 atom stereocenters. The van der Waals surface area contributed by atoms with Gasteiger partial charge in [-0.05, 0) is 18.4 Å². The van der Waals surface area contributed by atoms with Crippen LogP contribution in [0.3, 0.4) is 0 Å². The number of rotatable bonds is 14. The van der Waals surface area contributed by atoms with E-state index in [0.29, 0.717) is 15.1 Å².